The van der Waals surface area contributed by atoms with E-state index in [4.69, 9.17) is 4.74 Å². The molecule has 1 atom stereocenters. The van der Waals surface area contributed by atoms with Gasteiger partial charge in [0.25, 0.3) is 10.0 Å². The van der Waals surface area contributed by atoms with Crippen molar-refractivity contribution in [3.8, 4) is 0 Å². The van der Waals surface area contributed by atoms with Gasteiger partial charge >= 0.3 is 11.9 Å². The second kappa shape index (κ2) is 8.15. The van der Waals surface area contributed by atoms with Crippen LogP contribution in [0.5, 0.6) is 0 Å². The van der Waals surface area contributed by atoms with Crippen LogP contribution < -0.4 is 9.62 Å². The van der Waals surface area contributed by atoms with Gasteiger partial charge in [0.15, 0.2) is 0 Å². The predicted octanol–water partition coefficient (Wildman–Crippen LogP) is 2.19. The molecule has 0 saturated heterocycles. The number of nitrogens with one attached hydrogen (secondary N) is 1. The van der Waals surface area contributed by atoms with Gasteiger partial charge in [-0.25, -0.2) is 18.0 Å². The number of hydrogen-bond acceptors (Lipinski definition) is 7. The van der Waals surface area contributed by atoms with Crippen LogP contribution in [0.1, 0.15) is 34.6 Å². The average Bonchev–Trinajstić information content (AvgIpc) is 2.73. The van der Waals surface area contributed by atoms with Gasteiger partial charge in [-0.1, -0.05) is 0 Å². The third-order valence-electron chi connectivity index (χ3n) is 4.57. The number of methoxy groups -OCH3 is 1. The van der Waals surface area contributed by atoms with Crippen molar-refractivity contribution < 1.29 is 32.3 Å². The first-order chi connectivity index (χ1) is 14.2. The number of amides is 1. The third-order valence-corrected chi connectivity index (χ3v) is 6.47. The Hall–Kier alpha value is -3.40. The number of esters is 2. The quantitative estimate of drug-likeness (QED) is 0.719. The first-order valence-corrected chi connectivity index (χ1v) is 10.5. The number of rotatable bonds is 5. The van der Waals surface area contributed by atoms with Crippen LogP contribution in [0.2, 0.25) is 0 Å². The zero-order valence-corrected chi connectivity index (χ0v) is 17.4. The van der Waals surface area contributed by atoms with Gasteiger partial charge in [0.05, 0.1) is 41.1 Å². The second-order valence-corrected chi connectivity index (χ2v) is 8.25. The average molecular weight is 432 g/mol. The number of benzene rings is 2. The van der Waals surface area contributed by atoms with E-state index >= 15 is 0 Å². The van der Waals surface area contributed by atoms with Crippen molar-refractivity contribution in [1.29, 1.82) is 0 Å². The summed E-state index contributed by atoms with van der Waals surface area (Å²) in [6, 6.07) is 8.43. The van der Waals surface area contributed by atoms with E-state index in [1.165, 1.54) is 56.5 Å². The molecular weight excluding hydrogens is 412 g/mol. The lowest BCUT2D eigenvalue weighted by Gasteiger charge is -2.35. The molecule has 1 aliphatic rings. The summed E-state index contributed by atoms with van der Waals surface area (Å²) in [5.41, 5.74) is 0.774. The van der Waals surface area contributed by atoms with Crippen LogP contribution in [0.25, 0.3) is 0 Å². The molecule has 3 rings (SSSR count). The molecule has 2 aromatic carbocycles. The zero-order valence-electron chi connectivity index (χ0n) is 16.5. The van der Waals surface area contributed by atoms with Crippen LogP contribution in [0.4, 0.5) is 11.4 Å². The molecule has 0 unspecified atom stereocenters. The lowest BCUT2D eigenvalue weighted by molar-refractivity contribution is -0.117. The molecule has 158 valence electrons. The third kappa shape index (κ3) is 3.73. The van der Waals surface area contributed by atoms with Crippen molar-refractivity contribution >= 4 is 39.2 Å². The lowest BCUT2D eigenvalue weighted by atomic mass is 10.1. The van der Waals surface area contributed by atoms with Gasteiger partial charge < -0.3 is 14.8 Å². The number of sulfonamides is 1. The Labute approximate surface area is 173 Å². The molecule has 0 aromatic heterocycles. The SMILES string of the molecule is CCOC(=O)c1ccc2c(c1)NC(=O)[C@H](C)N2S(=O)(=O)c1ccc(C(=O)OC)cc1. The Morgan fingerprint density at radius 3 is 2.30 bits per heavy atom. The lowest BCUT2D eigenvalue weighted by Crippen LogP contribution is -2.49. The summed E-state index contributed by atoms with van der Waals surface area (Å²) in [7, 11) is -2.92. The number of anilines is 2. The maximum absolute atomic E-state index is 13.3. The molecule has 9 nitrogen and oxygen atoms in total. The van der Waals surface area contributed by atoms with E-state index in [9.17, 15) is 22.8 Å². The molecule has 0 bridgehead atoms. The van der Waals surface area contributed by atoms with Crippen molar-refractivity contribution in [3.05, 3.63) is 53.6 Å². The highest BCUT2D eigenvalue weighted by Gasteiger charge is 2.38. The summed E-state index contributed by atoms with van der Waals surface area (Å²) in [5.74, 6) is -1.72. The van der Waals surface area contributed by atoms with Crippen LogP contribution >= 0.6 is 0 Å². The Bertz CT molecular complexity index is 1110. The van der Waals surface area contributed by atoms with Gasteiger partial charge in [-0.3, -0.25) is 9.10 Å². The van der Waals surface area contributed by atoms with Crippen molar-refractivity contribution in [2.45, 2.75) is 24.8 Å². The number of carbonyl (C=O) groups is 3. The van der Waals surface area contributed by atoms with Crippen LogP contribution in [0.3, 0.4) is 0 Å². The monoisotopic (exact) mass is 432 g/mol. The standard InChI is InChI=1S/C20H20N2O7S/c1-4-29-20(25)14-7-10-17-16(11-14)21-18(23)12(2)22(17)30(26,27)15-8-5-13(6-9-15)19(24)28-3/h5-12H,4H2,1-3H3,(H,21,23)/t12-/m0/s1. The molecule has 0 spiro atoms. The minimum Gasteiger partial charge on any atom is -0.465 e. The normalized spacial score (nSPS) is 15.8. The molecule has 0 radical (unpaired) electrons. The Morgan fingerprint density at radius 1 is 1.07 bits per heavy atom. The molecule has 1 heterocycles. The van der Waals surface area contributed by atoms with Gasteiger partial charge in [0, 0.05) is 0 Å². The van der Waals surface area contributed by atoms with Crippen LogP contribution in [-0.4, -0.2) is 46.0 Å². The number of ether oxygens (including phenoxy) is 2. The van der Waals surface area contributed by atoms with Gasteiger partial charge in [-0.05, 0) is 56.3 Å². The maximum Gasteiger partial charge on any atom is 0.338 e. The van der Waals surface area contributed by atoms with E-state index in [0.717, 1.165) is 4.31 Å². The number of fused-ring (bicyclic) bond motifs is 1. The molecule has 0 aliphatic carbocycles. The minimum atomic E-state index is -4.15. The van der Waals surface area contributed by atoms with Crippen LogP contribution in [0, 0.1) is 0 Å². The van der Waals surface area contributed by atoms with Crippen molar-refractivity contribution in [2.75, 3.05) is 23.3 Å². The van der Waals surface area contributed by atoms with E-state index < -0.39 is 33.9 Å². The topological polar surface area (TPSA) is 119 Å². The van der Waals surface area contributed by atoms with Gasteiger partial charge in [-0.15, -0.1) is 0 Å². The summed E-state index contributed by atoms with van der Waals surface area (Å²) in [5, 5.41) is 2.62. The Balaban J connectivity index is 2.05. The van der Waals surface area contributed by atoms with Crippen LogP contribution in [0.15, 0.2) is 47.4 Å². The zero-order chi connectivity index (χ0) is 22.1. The fourth-order valence-electron chi connectivity index (χ4n) is 3.05. The van der Waals surface area contributed by atoms with E-state index in [1.807, 2.05) is 0 Å². The molecule has 1 amide bonds. The van der Waals surface area contributed by atoms with E-state index in [-0.39, 0.29) is 34.0 Å². The van der Waals surface area contributed by atoms with E-state index in [0.29, 0.717) is 0 Å². The predicted molar refractivity (Wildman–Crippen MR) is 108 cm³/mol. The summed E-state index contributed by atoms with van der Waals surface area (Å²) in [6.07, 6.45) is 0. The summed E-state index contributed by atoms with van der Waals surface area (Å²) in [4.78, 5) is 35.9. The molecule has 1 aliphatic heterocycles. The number of hydrogen-bond donors (Lipinski definition) is 1. The number of nitrogens with zero attached hydrogens (tertiary/aromatic N) is 1. The van der Waals surface area contributed by atoms with Crippen molar-refractivity contribution in [2.24, 2.45) is 0 Å². The molecule has 30 heavy (non-hydrogen) atoms. The second-order valence-electron chi connectivity index (χ2n) is 6.43. The molecule has 10 heteroatoms. The summed E-state index contributed by atoms with van der Waals surface area (Å²) >= 11 is 0. The highest BCUT2D eigenvalue weighted by molar-refractivity contribution is 7.93. The number of carbonyl (C=O) groups excluding carboxylic acids is 3. The van der Waals surface area contributed by atoms with Crippen molar-refractivity contribution in [1.82, 2.24) is 0 Å². The van der Waals surface area contributed by atoms with E-state index in [1.54, 1.807) is 6.92 Å². The largest absolute Gasteiger partial charge is 0.465 e. The fraction of sp³-hybridized carbons (Fsp3) is 0.250. The Kier molecular flexibility index (Phi) is 5.79. The Morgan fingerprint density at radius 2 is 1.70 bits per heavy atom. The van der Waals surface area contributed by atoms with Crippen LogP contribution in [-0.2, 0) is 24.3 Å². The first-order valence-electron chi connectivity index (χ1n) is 9.05. The maximum atomic E-state index is 13.3. The molecule has 0 fully saturated rings. The fourth-order valence-corrected chi connectivity index (χ4v) is 4.69. The first kappa shape index (κ1) is 21.3. The van der Waals surface area contributed by atoms with Gasteiger partial charge in [0.2, 0.25) is 5.91 Å². The minimum absolute atomic E-state index is 0.0999. The smallest absolute Gasteiger partial charge is 0.338 e. The summed E-state index contributed by atoms with van der Waals surface area (Å²) in [6.45, 7) is 3.30. The van der Waals surface area contributed by atoms with Gasteiger partial charge in [0.1, 0.15) is 6.04 Å². The highest BCUT2D eigenvalue weighted by Crippen LogP contribution is 2.37. The molecular formula is C20H20N2O7S. The van der Waals surface area contributed by atoms with Gasteiger partial charge in [-0.2, -0.15) is 0 Å². The van der Waals surface area contributed by atoms with Crippen molar-refractivity contribution in [3.63, 3.8) is 0 Å². The molecule has 2 aromatic rings. The summed E-state index contributed by atoms with van der Waals surface area (Å²) < 4.78 is 37.2. The molecule has 0 saturated carbocycles. The highest BCUT2D eigenvalue weighted by atomic mass is 32.2. The molecule has 1 N–H and O–H groups in total. The van der Waals surface area contributed by atoms with E-state index in [2.05, 4.69) is 10.1 Å².